The summed E-state index contributed by atoms with van der Waals surface area (Å²) in [4.78, 5) is 3.44. The van der Waals surface area contributed by atoms with Gasteiger partial charge < -0.3 is 10.1 Å². The molecule has 1 aromatic carbocycles. The molecular weight excluding hydrogens is 252 g/mol. The molecule has 0 bridgehead atoms. The lowest BCUT2D eigenvalue weighted by atomic mass is 10.1. The molecule has 3 aromatic rings. The van der Waals surface area contributed by atoms with Crippen LogP contribution in [0.3, 0.4) is 0 Å². The molecule has 0 saturated heterocycles. The molecule has 2 N–H and O–H groups in total. The second-order valence-electron chi connectivity index (χ2n) is 5.03. The van der Waals surface area contributed by atoms with Crippen LogP contribution in [-0.2, 0) is 0 Å². The Morgan fingerprint density at radius 3 is 2.90 bits per heavy atom. The molecule has 0 aliphatic rings. The number of aliphatic hydroxyl groups excluding tert-OH is 1. The van der Waals surface area contributed by atoms with Gasteiger partial charge in [-0.05, 0) is 37.3 Å². The van der Waals surface area contributed by atoms with Crippen molar-refractivity contribution in [2.24, 2.45) is 0 Å². The van der Waals surface area contributed by atoms with Crippen molar-refractivity contribution in [3.8, 4) is 0 Å². The van der Waals surface area contributed by atoms with Crippen LogP contribution in [0.2, 0.25) is 0 Å². The van der Waals surface area contributed by atoms with Gasteiger partial charge in [-0.15, -0.1) is 5.10 Å². The number of hydrogen-bond acceptors (Lipinski definition) is 3. The van der Waals surface area contributed by atoms with Crippen LogP contribution in [0.4, 0.5) is 0 Å². The van der Waals surface area contributed by atoms with Crippen molar-refractivity contribution in [2.45, 2.75) is 25.8 Å². The Bertz CT molecular complexity index is 668. The van der Waals surface area contributed by atoms with Gasteiger partial charge in [-0.25, -0.2) is 4.68 Å². The summed E-state index contributed by atoms with van der Waals surface area (Å²) in [5.74, 6) is 0. The van der Waals surface area contributed by atoms with E-state index in [1.807, 2.05) is 29.9 Å². The van der Waals surface area contributed by atoms with Gasteiger partial charge in [-0.3, -0.25) is 0 Å². The zero-order valence-electron chi connectivity index (χ0n) is 11.5. The average molecular weight is 270 g/mol. The zero-order valence-corrected chi connectivity index (χ0v) is 11.5. The molecule has 0 radical (unpaired) electrons. The molecule has 5 heteroatoms. The molecule has 0 saturated carbocycles. The number of aromatic nitrogens is 4. The molecule has 1 unspecified atom stereocenters. The van der Waals surface area contributed by atoms with Gasteiger partial charge in [0.1, 0.15) is 0 Å². The van der Waals surface area contributed by atoms with E-state index in [4.69, 9.17) is 5.11 Å². The Kier molecular flexibility index (Phi) is 3.52. The van der Waals surface area contributed by atoms with Crippen molar-refractivity contribution >= 4 is 10.9 Å². The van der Waals surface area contributed by atoms with Gasteiger partial charge >= 0.3 is 0 Å². The molecule has 0 amide bonds. The molecule has 5 nitrogen and oxygen atoms in total. The minimum atomic E-state index is 0.0794. The first-order valence-corrected chi connectivity index (χ1v) is 6.85. The van der Waals surface area contributed by atoms with Crippen molar-refractivity contribution < 1.29 is 5.11 Å². The molecule has 20 heavy (non-hydrogen) atoms. The number of rotatable bonds is 5. The Balaban J connectivity index is 1.99. The SMILES string of the molecule is Cc1cn(C(CCCO)c2cc3ccccc3[nH]2)nn1. The molecule has 0 aliphatic heterocycles. The van der Waals surface area contributed by atoms with E-state index < -0.39 is 0 Å². The van der Waals surface area contributed by atoms with Crippen LogP contribution in [-0.4, -0.2) is 31.7 Å². The van der Waals surface area contributed by atoms with E-state index in [9.17, 15) is 0 Å². The van der Waals surface area contributed by atoms with E-state index in [-0.39, 0.29) is 12.6 Å². The standard InChI is InChI=1S/C15H18N4O/c1-11-10-19(18-17-11)15(7-4-8-20)14-9-12-5-2-3-6-13(12)16-14/h2-3,5-6,9-10,15-16,20H,4,7-8H2,1H3. The number of aliphatic hydroxyl groups is 1. The fourth-order valence-electron chi connectivity index (χ4n) is 2.51. The number of aromatic amines is 1. The summed E-state index contributed by atoms with van der Waals surface area (Å²) in [5.41, 5.74) is 3.12. The van der Waals surface area contributed by atoms with Crippen LogP contribution in [0.1, 0.15) is 30.3 Å². The van der Waals surface area contributed by atoms with Gasteiger partial charge in [0.2, 0.25) is 0 Å². The maximum Gasteiger partial charge on any atom is 0.0935 e. The Morgan fingerprint density at radius 2 is 2.20 bits per heavy atom. The van der Waals surface area contributed by atoms with Gasteiger partial charge in [0.15, 0.2) is 0 Å². The number of nitrogens with zero attached hydrogens (tertiary/aromatic N) is 3. The number of hydrogen-bond donors (Lipinski definition) is 2. The van der Waals surface area contributed by atoms with Crippen molar-refractivity contribution in [1.29, 1.82) is 0 Å². The highest BCUT2D eigenvalue weighted by Crippen LogP contribution is 2.25. The predicted octanol–water partition coefficient (Wildman–Crippen LogP) is 2.43. The molecule has 3 rings (SSSR count). The largest absolute Gasteiger partial charge is 0.396 e. The van der Waals surface area contributed by atoms with Crippen LogP contribution < -0.4 is 0 Å². The van der Waals surface area contributed by atoms with E-state index in [1.54, 1.807) is 0 Å². The molecule has 0 fully saturated rings. The topological polar surface area (TPSA) is 66.7 Å². The molecular formula is C15H18N4O. The third-order valence-corrected chi connectivity index (χ3v) is 3.49. The number of aryl methyl sites for hydroxylation is 1. The monoisotopic (exact) mass is 270 g/mol. The lowest BCUT2D eigenvalue weighted by Crippen LogP contribution is -2.12. The van der Waals surface area contributed by atoms with Crippen LogP contribution in [0, 0.1) is 6.92 Å². The predicted molar refractivity (Wildman–Crippen MR) is 77.5 cm³/mol. The van der Waals surface area contributed by atoms with Gasteiger partial charge in [-0.2, -0.15) is 0 Å². The summed E-state index contributed by atoms with van der Waals surface area (Å²) >= 11 is 0. The molecule has 0 spiro atoms. The van der Waals surface area contributed by atoms with Crippen molar-refractivity contribution in [1.82, 2.24) is 20.0 Å². The van der Waals surface area contributed by atoms with E-state index >= 15 is 0 Å². The van der Waals surface area contributed by atoms with Crippen LogP contribution in [0.5, 0.6) is 0 Å². The van der Waals surface area contributed by atoms with E-state index in [0.717, 1.165) is 29.7 Å². The molecule has 1 atom stereocenters. The first-order valence-electron chi connectivity index (χ1n) is 6.85. The van der Waals surface area contributed by atoms with E-state index in [0.29, 0.717) is 0 Å². The first-order chi connectivity index (χ1) is 9.78. The second-order valence-corrected chi connectivity index (χ2v) is 5.03. The third kappa shape index (κ3) is 2.44. The average Bonchev–Trinajstić information content (AvgIpc) is 3.05. The van der Waals surface area contributed by atoms with Gasteiger partial charge in [0, 0.05) is 24.0 Å². The van der Waals surface area contributed by atoms with Gasteiger partial charge in [0.25, 0.3) is 0 Å². The van der Waals surface area contributed by atoms with E-state index in [2.05, 4.69) is 33.5 Å². The van der Waals surface area contributed by atoms with Crippen LogP contribution in [0.15, 0.2) is 36.5 Å². The van der Waals surface area contributed by atoms with Gasteiger partial charge in [0.05, 0.1) is 11.7 Å². The van der Waals surface area contributed by atoms with Crippen molar-refractivity contribution in [3.63, 3.8) is 0 Å². The quantitative estimate of drug-likeness (QED) is 0.748. The summed E-state index contributed by atoms with van der Waals surface area (Å²) in [6.45, 7) is 2.11. The molecule has 2 aromatic heterocycles. The Morgan fingerprint density at radius 1 is 1.35 bits per heavy atom. The Hall–Kier alpha value is -2.14. The third-order valence-electron chi connectivity index (χ3n) is 3.49. The lowest BCUT2D eigenvalue weighted by molar-refractivity contribution is 0.273. The molecule has 0 aliphatic carbocycles. The number of fused-ring (bicyclic) bond motifs is 1. The smallest absolute Gasteiger partial charge is 0.0935 e. The van der Waals surface area contributed by atoms with E-state index in [1.165, 1.54) is 5.39 Å². The van der Waals surface area contributed by atoms with Gasteiger partial charge in [-0.1, -0.05) is 23.4 Å². The maximum absolute atomic E-state index is 9.10. The van der Waals surface area contributed by atoms with Crippen LogP contribution in [0.25, 0.3) is 10.9 Å². The minimum absolute atomic E-state index is 0.0794. The summed E-state index contributed by atoms with van der Waals surface area (Å²) in [5, 5.41) is 18.5. The lowest BCUT2D eigenvalue weighted by Gasteiger charge is -2.14. The number of benzene rings is 1. The summed E-state index contributed by atoms with van der Waals surface area (Å²) in [6, 6.07) is 10.4. The summed E-state index contributed by atoms with van der Waals surface area (Å²) < 4.78 is 1.87. The highest BCUT2D eigenvalue weighted by Gasteiger charge is 2.17. The number of H-pyrrole nitrogens is 1. The highest BCUT2D eigenvalue weighted by atomic mass is 16.2. The fourth-order valence-corrected chi connectivity index (χ4v) is 2.51. The minimum Gasteiger partial charge on any atom is -0.396 e. The summed E-state index contributed by atoms with van der Waals surface area (Å²) in [6.07, 6.45) is 3.50. The molecule has 2 heterocycles. The fraction of sp³-hybridized carbons (Fsp3) is 0.333. The van der Waals surface area contributed by atoms with Crippen molar-refractivity contribution in [2.75, 3.05) is 6.61 Å². The molecule has 104 valence electrons. The maximum atomic E-state index is 9.10. The van der Waals surface area contributed by atoms with Crippen LogP contribution >= 0.6 is 0 Å². The number of nitrogens with one attached hydrogen (secondary N) is 1. The normalized spacial score (nSPS) is 12.9. The summed E-state index contributed by atoms with van der Waals surface area (Å²) in [7, 11) is 0. The van der Waals surface area contributed by atoms with Crippen molar-refractivity contribution in [3.05, 3.63) is 47.9 Å². The zero-order chi connectivity index (χ0) is 13.9. The highest BCUT2D eigenvalue weighted by molar-refractivity contribution is 5.80. The second kappa shape index (κ2) is 5.46. The first kappa shape index (κ1) is 12.9. The number of para-hydroxylation sites is 1. The Labute approximate surface area is 117 Å².